The first-order chi connectivity index (χ1) is 8.83. The van der Waals surface area contributed by atoms with Crippen LogP contribution in [0.4, 0.5) is 0 Å². The van der Waals surface area contributed by atoms with Crippen molar-refractivity contribution in [3.8, 4) is 0 Å². The fourth-order valence-corrected chi connectivity index (χ4v) is 5.03. The molecule has 0 spiro atoms. The smallest absolute Gasteiger partial charge is 0.220 e. The molecule has 4 atom stereocenters. The number of hydrogen-bond donors (Lipinski definition) is 1. The molecule has 3 heteroatoms. The van der Waals surface area contributed by atoms with E-state index in [-0.39, 0.29) is 5.91 Å². The highest BCUT2D eigenvalue weighted by atomic mass is 79.9. The summed E-state index contributed by atoms with van der Waals surface area (Å²) in [4.78, 5) is 12.4. The predicted molar refractivity (Wildman–Crippen MR) is 83.4 cm³/mol. The molecule has 0 radical (unpaired) electrons. The maximum Gasteiger partial charge on any atom is 0.220 e. The van der Waals surface area contributed by atoms with Crippen molar-refractivity contribution in [3.63, 3.8) is 0 Å². The zero-order valence-corrected chi connectivity index (χ0v) is 14.1. The van der Waals surface area contributed by atoms with E-state index in [0.29, 0.717) is 16.2 Å². The summed E-state index contributed by atoms with van der Waals surface area (Å²) >= 11 is 3.67. The lowest BCUT2D eigenvalue weighted by molar-refractivity contribution is -0.122. The standard InChI is InChI=1S/C16H28BrNO/c1-16(2,3)9-14(17)10-18-15(19)8-13-7-11-4-5-12(13)6-11/h11-14H,4-10H2,1-3H3,(H,18,19). The first kappa shape index (κ1) is 15.3. The van der Waals surface area contributed by atoms with Gasteiger partial charge in [0.15, 0.2) is 0 Å². The van der Waals surface area contributed by atoms with E-state index in [9.17, 15) is 4.79 Å². The Morgan fingerprint density at radius 2 is 2.05 bits per heavy atom. The van der Waals surface area contributed by atoms with E-state index >= 15 is 0 Å². The van der Waals surface area contributed by atoms with Gasteiger partial charge in [0.05, 0.1) is 0 Å². The molecule has 2 fully saturated rings. The fraction of sp³-hybridized carbons (Fsp3) is 0.938. The lowest BCUT2D eigenvalue weighted by Crippen LogP contribution is -2.33. The zero-order valence-electron chi connectivity index (χ0n) is 12.5. The van der Waals surface area contributed by atoms with Crippen LogP contribution in [0.3, 0.4) is 0 Å². The molecule has 2 aliphatic carbocycles. The van der Waals surface area contributed by atoms with E-state index in [1.165, 1.54) is 25.7 Å². The van der Waals surface area contributed by atoms with E-state index in [0.717, 1.165) is 31.2 Å². The number of fused-ring (bicyclic) bond motifs is 2. The van der Waals surface area contributed by atoms with E-state index in [1.807, 2.05) is 0 Å². The van der Waals surface area contributed by atoms with Gasteiger partial charge in [0.25, 0.3) is 0 Å². The molecule has 2 rings (SSSR count). The van der Waals surface area contributed by atoms with Gasteiger partial charge in [-0.1, -0.05) is 43.1 Å². The summed E-state index contributed by atoms with van der Waals surface area (Å²) in [7, 11) is 0. The van der Waals surface area contributed by atoms with Crippen LogP contribution in [-0.4, -0.2) is 17.3 Å². The van der Waals surface area contributed by atoms with Crippen LogP contribution in [-0.2, 0) is 4.79 Å². The highest BCUT2D eigenvalue weighted by Gasteiger charge is 2.40. The Labute approximate surface area is 126 Å². The van der Waals surface area contributed by atoms with E-state index in [4.69, 9.17) is 0 Å². The van der Waals surface area contributed by atoms with Gasteiger partial charge in [-0.3, -0.25) is 4.79 Å². The van der Waals surface area contributed by atoms with Gasteiger partial charge in [0.1, 0.15) is 0 Å². The van der Waals surface area contributed by atoms with E-state index in [2.05, 4.69) is 42.0 Å². The Balaban J connectivity index is 1.65. The van der Waals surface area contributed by atoms with Crippen LogP contribution in [0, 0.1) is 23.2 Å². The number of carbonyl (C=O) groups is 1. The van der Waals surface area contributed by atoms with Crippen molar-refractivity contribution in [1.82, 2.24) is 5.32 Å². The summed E-state index contributed by atoms with van der Waals surface area (Å²) in [5, 5.41) is 3.11. The molecule has 2 nitrogen and oxygen atoms in total. The summed E-state index contributed by atoms with van der Waals surface area (Å²) in [6, 6.07) is 0. The van der Waals surface area contributed by atoms with Crippen molar-refractivity contribution in [3.05, 3.63) is 0 Å². The molecule has 1 amide bonds. The minimum atomic E-state index is 0.260. The van der Waals surface area contributed by atoms with Crippen molar-refractivity contribution in [1.29, 1.82) is 0 Å². The molecular weight excluding hydrogens is 302 g/mol. The van der Waals surface area contributed by atoms with Gasteiger partial charge in [-0.05, 0) is 48.9 Å². The normalized spacial score (nSPS) is 31.5. The molecule has 0 saturated heterocycles. The van der Waals surface area contributed by atoms with Crippen LogP contribution >= 0.6 is 15.9 Å². The number of hydrogen-bond acceptors (Lipinski definition) is 1. The van der Waals surface area contributed by atoms with Gasteiger partial charge in [-0.15, -0.1) is 0 Å². The number of nitrogens with one attached hydrogen (secondary N) is 1. The number of carbonyl (C=O) groups excluding carboxylic acids is 1. The maximum absolute atomic E-state index is 12.0. The highest BCUT2D eigenvalue weighted by molar-refractivity contribution is 9.09. The Morgan fingerprint density at radius 1 is 1.32 bits per heavy atom. The Bertz CT molecular complexity index is 323. The molecular formula is C16H28BrNO. The largest absolute Gasteiger partial charge is 0.355 e. The Morgan fingerprint density at radius 3 is 2.58 bits per heavy atom. The molecule has 2 saturated carbocycles. The lowest BCUT2D eigenvalue weighted by Gasteiger charge is -2.23. The van der Waals surface area contributed by atoms with Gasteiger partial charge in [0, 0.05) is 17.8 Å². The van der Waals surface area contributed by atoms with Gasteiger partial charge in [0.2, 0.25) is 5.91 Å². The molecule has 110 valence electrons. The van der Waals surface area contributed by atoms with Crippen molar-refractivity contribution in [2.24, 2.45) is 23.2 Å². The van der Waals surface area contributed by atoms with Crippen LogP contribution in [0.15, 0.2) is 0 Å². The van der Waals surface area contributed by atoms with Gasteiger partial charge < -0.3 is 5.32 Å². The molecule has 0 aromatic carbocycles. The average Bonchev–Trinajstić information content (AvgIpc) is 2.85. The minimum Gasteiger partial charge on any atom is -0.355 e. The van der Waals surface area contributed by atoms with E-state index in [1.54, 1.807) is 0 Å². The molecule has 0 aliphatic heterocycles. The molecule has 2 bridgehead atoms. The molecule has 0 heterocycles. The third-order valence-corrected chi connectivity index (χ3v) is 5.33. The van der Waals surface area contributed by atoms with Crippen molar-refractivity contribution >= 4 is 21.8 Å². The third-order valence-electron chi connectivity index (χ3n) is 4.69. The lowest BCUT2D eigenvalue weighted by atomic mass is 9.86. The average molecular weight is 330 g/mol. The molecule has 0 aromatic rings. The quantitative estimate of drug-likeness (QED) is 0.755. The third kappa shape index (κ3) is 4.77. The summed E-state index contributed by atoms with van der Waals surface area (Å²) in [5.74, 6) is 2.73. The second-order valence-electron chi connectivity index (χ2n) is 7.81. The van der Waals surface area contributed by atoms with E-state index < -0.39 is 0 Å². The second kappa shape index (κ2) is 6.15. The fourth-order valence-electron chi connectivity index (χ4n) is 3.90. The Kier molecular flexibility index (Phi) is 4.97. The summed E-state index contributed by atoms with van der Waals surface area (Å²) in [6.07, 6.45) is 7.32. The Hall–Kier alpha value is -0.0500. The summed E-state index contributed by atoms with van der Waals surface area (Å²) in [5.41, 5.74) is 0.309. The SMILES string of the molecule is CC(C)(C)CC(Br)CNC(=O)CC1CC2CCC1C2. The number of alkyl halides is 1. The van der Waals surface area contributed by atoms with Crippen molar-refractivity contribution in [2.75, 3.05) is 6.54 Å². The maximum atomic E-state index is 12.0. The van der Waals surface area contributed by atoms with Gasteiger partial charge >= 0.3 is 0 Å². The molecule has 2 aliphatic rings. The second-order valence-corrected chi connectivity index (χ2v) is 9.10. The first-order valence-electron chi connectivity index (χ1n) is 7.74. The van der Waals surface area contributed by atoms with Gasteiger partial charge in [-0.25, -0.2) is 0 Å². The van der Waals surface area contributed by atoms with Crippen molar-refractivity contribution < 1.29 is 4.79 Å². The predicted octanol–water partition coefficient (Wildman–Crippen LogP) is 4.13. The molecule has 1 N–H and O–H groups in total. The minimum absolute atomic E-state index is 0.260. The zero-order chi connectivity index (χ0) is 14.0. The molecule has 4 unspecified atom stereocenters. The molecule has 19 heavy (non-hydrogen) atoms. The topological polar surface area (TPSA) is 29.1 Å². The number of rotatable bonds is 5. The van der Waals surface area contributed by atoms with Crippen LogP contribution in [0.5, 0.6) is 0 Å². The highest BCUT2D eigenvalue weighted by Crippen LogP contribution is 2.49. The van der Waals surface area contributed by atoms with Crippen molar-refractivity contribution in [2.45, 2.75) is 64.1 Å². The van der Waals surface area contributed by atoms with Crippen LogP contribution in [0.1, 0.15) is 59.3 Å². The summed E-state index contributed by atoms with van der Waals surface area (Å²) in [6.45, 7) is 7.46. The van der Waals surface area contributed by atoms with Gasteiger partial charge in [-0.2, -0.15) is 0 Å². The number of halogens is 1. The monoisotopic (exact) mass is 329 g/mol. The van der Waals surface area contributed by atoms with Crippen LogP contribution in [0.25, 0.3) is 0 Å². The molecule has 0 aromatic heterocycles. The number of amides is 1. The van der Waals surface area contributed by atoms with Crippen LogP contribution < -0.4 is 5.32 Å². The van der Waals surface area contributed by atoms with Crippen LogP contribution in [0.2, 0.25) is 0 Å². The summed E-state index contributed by atoms with van der Waals surface area (Å²) < 4.78 is 0. The first-order valence-corrected chi connectivity index (χ1v) is 8.66.